The lowest BCUT2D eigenvalue weighted by Crippen LogP contribution is -2.06. The zero-order valence-electron chi connectivity index (χ0n) is 15.6. The summed E-state index contributed by atoms with van der Waals surface area (Å²) in [5, 5.41) is 0. The Kier molecular flexibility index (Phi) is 7.23. The maximum absolute atomic E-state index is 6.23. The summed E-state index contributed by atoms with van der Waals surface area (Å²) < 4.78 is 0. The van der Waals surface area contributed by atoms with E-state index in [1.165, 1.54) is 33.4 Å². The Labute approximate surface area is 158 Å². The van der Waals surface area contributed by atoms with E-state index < -0.39 is 0 Å². The summed E-state index contributed by atoms with van der Waals surface area (Å²) in [6.45, 7) is 15.6. The molecule has 0 spiro atoms. The zero-order valence-corrected chi connectivity index (χ0v) is 15.6. The summed E-state index contributed by atoms with van der Waals surface area (Å²) in [4.78, 5) is 0. The number of rotatable bonds is 10. The van der Waals surface area contributed by atoms with E-state index in [0.717, 1.165) is 37.8 Å². The molecule has 0 aliphatic rings. The Morgan fingerprint density at radius 3 is 1.81 bits per heavy atom. The fourth-order valence-electron chi connectivity index (χ4n) is 3.52. The van der Waals surface area contributed by atoms with Crippen LogP contribution in [0.15, 0.2) is 81.0 Å². The molecule has 2 aromatic rings. The SMILES string of the molecule is C=CCc1cccc(Cc2ccc(N)c(CC=C)c2CC=C)c1CC=C. The molecular weight excluding hydrogens is 314 g/mol. The molecule has 1 nitrogen and oxygen atoms in total. The molecule has 2 N–H and O–H groups in total. The number of nitrogen functional groups attached to an aromatic ring is 1. The highest BCUT2D eigenvalue weighted by Gasteiger charge is 2.13. The molecule has 0 amide bonds. The number of hydrogen-bond donors (Lipinski definition) is 1. The van der Waals surface area contributed by atoms with Crippen molar-refractivity contribution in [3.05, 3.63) is 114 Å². The molecule has 0 saturated carbocycles. The van der Waals surface area contributed by atoms with E-state index in [0.29, 0.717) is 0 Å². The highest BCUT2D eigenvalue weighted by atomic mass is 14.6. The number of nitrogens with two attached hydrogens (primary N) is 1. The van der Waals surface area contributed by atoms with Gasteiger partial charge in [-0.3, -0.25) is 0 Å². The second kappa shape index (κ2) is 9.62. The predicted molar refractivity (Wildman–Crippen MR) is 116 cm³/mol. The van der Waals surface area contributed by atoms with Crippen molar-refractivity contribution in [1.82, 2.24) is 0 Å². The summed E-state index contributed by atoms with van der Waals surface area (Å²) in [7, 11) is 0. The molecule has 1 heteroatoms. The first-order valence-electron chi connectivity index (χ1n) is 9.08. The fourth-order valence-corrected chi connectivity index (χ4v) is 3.52. The third kappa shape index (κ3) is 4.43. The lowest BCUT2D eigenvalue weighted by Gasteiger charge is -2.18. The second-order valence-corrected chi connectivity index (χ2v) is 6.47. The van der Waals surface area contributed by atoms with Crippen molar-refractivity contribution < 1.29 is 0 Å². The quantitative estimate of drug-likeness (QED) is 0.430. The Hall–Kier alpha value is -2.80. The van der Waals surface area contributed by atoms with Gasteiger partial charge in [0.2, 0.25) is 0 Å². The van der Waals surface area contributed by atoms with Gasteiger partial charge >= 0.3 is 0 Å². The van der Waals surface area contributed by atoms with Crippen molar-refractivity contribution in [3.8, 4) is 0 Å². The van der Waals surface area contributed by atoms with E-state index in [-0.39, 0.29) is 0 Å². The van der Waals surface area contributed by atoms with Crippen LogP contribution in [-0.4, -0.2) is 0 Å². The minimum absolute atomic E-state index is 0.777. The smallest absolute Gasteiger partial charge is 0.0352 e. The molecule has 0 atom stereocenters. The van der Waals surface area contributed by atoms with Crippen molar-refractivity contribution in [2.75, 3.05) is 5.73 Å². The summed E-state index contributed by atoms with van der Waals surface area (Å²) in [5.74, 6) is 0. The van der Waals surface area contributed by atoms with Crippen LogP contribution >= 0.6 is 0 Å². The molecule has 2 aromatic carbocycles. The molecule has 0 bridgehead atoms. The lowest BCUT2D eigenvalue weighted by atomic mass is 9.87. The second-order valence-electron chi connectivity index (χ2n) is 6.47. The molecule has 0 aliphatic carbocycles. The topological polar surface area (TPSA) is 26.0 Å². The molecule has 0 heterocycles. The van der Waals surface area contributed by atoms with Crippen LogP contribution in [0, 0.1) is 0 Å². The molecule has 134 valence electrons. The molecular formula is C25H29N. The first kappa shape index (κ1) is 19.5. The van der Waals surface area contributed by atoms with Gasteiger partial charge in [-0.25, -0.2) is 0 Å². The van der Waals surface area contributed by atoms with Crippen molar-refractivity contribution in [2.24, 2.45) is 0 Å². The highest BCUT2D eigenvalue weighted by Crippen LogP contribution is 2.27. The highest BCUT2D eigenvalue weighted by molar-refractivity contribution is 5.56. The van der Waals surface area contributed by atoms with Gasteiger partial charge < -0.3 is 5.73 Å². The van der Waals surface area contributed by atoms with Gasteiger partial charge in [0.15, 0.2) is 0 Å². The first-order valence-corrected chi connectivity index (χ1v) is 9.08. The van der Waals surface area contributed by atoms with Crippen molar-refractivity contribution in [1.29, 1.82) is 0 Å². The average Bonchev–Trinajstić information content (AvgIpc) is 2.63. The van der Waals surface area contributed by atoms with Crippen LogP contribution in [0.4, 0.5) is 5.69 Å². The van der Waals surface area contributed by atoms with Crippen LogP contribution in [0.1, 0.15) is 33.4 Å². The fraction of sp³-hybridized carbons (Fsp3) is 0.200. The standard InChI is InChI=1S/C25H29N/c1-5-10-19-14-9-15-20(22(19)11-6-2)18-21-16-17-25(26)24(13-8-4)23(21)12-7-3/h5-9,14-17H,1-4,10-13,18,26H2. The van der Waals surface area contributed by atoms with E-state index in [1.807, 2.05) is 30.4 Å². The van der Waals surface area contributed by atoms with Gasteiger partial charge in [-0.1, -0.05) is 48.6 Å². The molecule has 26 heavy (non-hydrogen) atoms. The third-order valence-corrected chi connectivity index (χ3v) is 4.73. The number of anilines is 1. The molecule has 0 radical (unpaired) electrons. The van der Waals surface area contributed by atoms with Crippen molar-refractivity contribution in [2.45, 2.75) is 32.1 Å². The molecule has 0 unspecified atom stereocenters. The largest absolute Gasteiger partial charge is 0.398 e. The van der Waals surface area contributed by atoms with Crippen molar-refractivity contribution >= 4 is 5.69 Å². The minimum Gasteiger partial charge on any atom is -0.398 e. The monoisotopic (exact) mass is 343 g/mol. The van der Waals surface area contributed by atoms with Gasteiger partial charge in [0.05, 0.1) is 0 Å². The van der Waals surface area contributed by atoms with E-state index in [9.17, 15) is 0 Å². The van der Waals surface area contributed by atoms with Gasteiger partial charge in [0.1, 0.15) is 0 Å². The molecule has 0 fully saturated rings. The summed E-state index contributed by atoms with van der Waals surface area (Å²) >= 11 is 0. The first-order chi connectivity index (χ1) is 12.7. The Morgan fingerprint density at radius 1 is 0.615 bits per heavy atom. The molecule has 0 aromatic heterocycles. The van der Waals surface area contributed by atoms with Crippen LogP contribution in [0.3, 0.4) is 0 Å². The summed E-state index contributed by atoms with van der Waals surface area (Å²) in [6, 6.07) is 10.7. The zero-order chi connectivity index (χ0) is 18.9. The number of allylic oxidation sites excluding steroid dienone is 4. The maximum atomic E-state index is 6.23. The Bertz CT molecular complexity index is 811. The molecule has 0 saturated heterocycles. The Morgan fingerprint density at radius 2 is 1.15 bits per heavy atom. The van der Waals surface area contributed by atoms with Crippen LogP contribution in [0.2, 0.25) is 0 Å². The van der Waals surface area contributed by atoms with Gasteiger partial charge in [-0.15, -0.1) is 26.3 Å². The van der Waals surface area contributed by atoms with Crippen LogP contribution in [-0.2, 0) is 32.1 Å². The average molecular weight is 344 g/mol. The number of benzene rings is 2. The van der Waals surface area contributed by atoms with Gasteiger partial charge in [0.25, 0.3) is 0 Å². The van der Waals surface area contributed by atoms with E-state index in [2.05, 4.69) is 50.6 Å². The predicted octanol–water partition coefficient (Wildman–Crippen LogP) is 5.77. The van der Waals surface area contributed by atoms with Gasteiger partial charge in [0, 0.05) is 5.69 Å². The van der Waals surface area contributed by atoms with Crippen LogP contribution < -0.4 is 5.73 Å². The van der Waals surface area contributed by atoms with Gasteiger partial charge in [-0.2, -0.15) is 0 Å². The summed E-state index contributed by atoms with van der Waals surface area (Å²) in [6.07, 6.45) is 12.0. The normalized spacial score (nSPS) is 10.3. The molecule has 2 rings (SSSR count). The lowest BCUT2D eigenvalue weighted by molar-refractivity contribution is 1.03. The Balaban J connectivity index is 2.54. The minimum atomic E-state index is 0.777. The van der Waals surface area contributed by atoms with Crippen LogP contribution in [0.5, 0.6) is 0 Å². The molecule has 0 aliphatic heterocycles. The summed E-state index contributed by atoms with van der Waals surface area (Å²) in [5.41, 5.74) is 14.8. The van der Waals surface area contributed by atoms with Gasteiger partial charge in [-0.05, 0) is 71.6 Å². The van der Waals surface area contributed by atoms with E-state index in [1.54, 1.807) is 0 Å². The maximum Gasteiger partial charge on any atom is 0.0352 e. The van der Waals surface area contributed by atoms with Crippen molar-refractivity contribution in [3.63, 3.8) is 0 Å². The third-order valence-electron chi connectivity index (χ3n) is 4.73. The van der Waals surface area contributed by atoms with E-state index >= 15 is 0 Å². The van der Waals surface area contributed by atoms with Crippen LogP contribution in [0.25, 0.3) is 0 Å². The number of hydrogen-bond acceptors (Lipinski definition) is 1. The van der Waals surface area contributed by atoms with E-state index in [4.69, 9.17) is 5.73 Å².